The molecule has 0 fully saturated rings. The van der Waals surface area contributed by atoms with Crippen molar-refractivity contribution in [2.45, 2.75) is 12.8 Å². The van der Waals surface area contributed by atoms with Gasteiger partial charge in [-0.3, -0.25) is 0 Å². The van der Waals surface area contributed by atoms with Gasteiger partial charge in [-0.25, -0.2) is 9.97 Å². The molecule has 51 heavy (non-hydrogen) atoms. The standard InChI is InChI=1S/C23H19NO.C23H17NO.Zn/c2*25-22-8-4-7-20-14-16-21(24-23(20)22)15-11-17-9-12-19(13-10-17)18-5-2-1-3-6-18;/h2,4-16,25H,1,3H2;1-16,25H;/b2*15-11+;. The van der Waals surface area contributed by atoms with E-state index in [0.29, 0.717) is 11.0 Å². The molecule has 0 saturated heterocycles. The van der Waals surface area contributed by atoms with Crippen LogP contribution in [0.15, 0.2) is 158 Å². The molecule has 0 unspecified atom stereocenters. The summed E-state index contributed by atoms with van der Waals surface area (Å²) in [6.45, 7) is 0. The first-order valence-electron chi connectivity index (χ1n) is 16.8. The average molecular weight is 714 g/mol. The number of benzene rings is 5. The van der Waals surface area contributed by atoms with Crippen molar-refractivity contribution in [2.24, 2.45) is 0 Å². The predicted molar refractivity (Wildman–Crippen MR) is 209 cm³/mol. The summed E-state index contributed by atoms with van der Waals surface area (Å²) in [6, 6.07) is 46.0. The first-order chi connectivity index (χ1) is 24.6. The molecule has 7 aromatic rings. The van der Waals surface area contributed by atoms with Gasteiger partial charge in [0, 0.05) is 30.3 Å². The number of pyridine rings is 2. The zero-order chi connectivity index (χ0) is 34.1. The van der Waals surface area contributed by atoms with Crippen LogP contribution in [0, 0.1) is 0 Å². The molecule has 5 aromatic carbocycles. The molecule has 0 atom stereocenters. The maximum absolute atomic E-state index is 9.94. The van der Waals surface area contributed by atoms with Gasteiger partial charge in [-0.1, -0.05) is 146 Å². The van der Waals surface area contributed by atoms with Crippen molar-refractivity contribution in [3.05, 3.63) is 186 Å². The number of allylic oxidation sites excluding steroid dienone is 4. The molecule has 0 amide bonds. The number of hydrogen-bond donors (Lipinski definition) is 2. The molecule has 0 spiro atoms. The second-order valence-corrected chi connectivity index (χ2v) is 12.1. The molecular weight excluding hydrogens is 678 g/mol. The Morgan fingerprint density at radius 3 is 1.47 bits per heavy atom. The third-order valence-electron chi connectivity index (χ3n) is 8.59. The molecule has 2 N–H and O–H groups in total. The fourth-order valence-electron chi connectivity index (χ4n) is 5.87. The van der Waals surface area contributed by atoms with E-state index in [-0.39, 0.29) is 31.0 Å². The van der Waals surface area contributed by atoms with Crippen molar-refractivity contribution >= 4 is 51.7 Å². The smallest absolute Gasteiger partial charge is 0.141 e. The fraction of sp³-hybridized carbons (Fsp3) is 0.0435. The molecule has 2 heterocycles. The fourth-order valence-corrected chi connectivity index (χ4v) is 5.87. The maximum Gasteiger partial charge on any atom is 0.141 e. The van der Waals surface area contributed by atoms with E-state index in [1.54, 1.807) is 12.1 Å². The summed E-state index contributed by atoms with van der Waals surface area (Å²) in [4.78, 5) is 9.04. The van der Waals surface area contributed by atoms with E-state index in [1.165, 1.54) is 22.3 Å². The van der Waals surface area contributed by atoms with E-state index in [0.717, 1.165) is 46.1 Å². The molecule has 1 aliphatic rings. The normalized spacial score (nSPS) is 12.4. The summed E-state index contributed by atoms with van der Waals surface area (Å²) in [7, 11) is 0. The number of aromatic nitrogens is 2. The Morgan fingerprint density at radius 1 is 0.451 bits per heavy atom. The molecule has 1 aliphatic carbocycles. The molecule has 0 aliphatic heterocycles. The molecular formula is C46H36N2O2Zn. The number of phenolic OH excluding ortho intramolecular Hbond substituents is 2. The van der Waals surface area contributed by atoms with E-state index in [2.05, 4.69) is 88.9 Å². The summed E-state index contributed by atoms with van der Waals surface area (Å²) in [5, 5.41) is 21.7. The minimum absolute atomic E-state index is 0. The first-order valence-corrected chi connectivity index (χ1v) is 16.8. The molecule has 8 rings (SSSR count). The maximum atomic E-state index is 9.94. The second-order valence-electron chi connectivity index (χ2n) is 12.1. The number of nitrogens with zero attached hydrogens (tertiary/aromatic N) is 2. The van der Waals surface area contributed by atoms with Gasteiger partial charge in [0.15, 0.2) is 0 Å². The Hall–Kier alpha value is -5.90. The number of para-hydroxylation sites is 2. The van der Waals surface area contributed by atoms with Crippen LogP contribution in [-0.4, -0.2) is 20.2 Å². The minimum atomic E-state index is 0. The SMILES string of the molecule is Oc1cccc2ccc(/C=C/c3ccc(-c4ccccc4)cc3)nc12.Oc1cccc2ccc(/C=C/c3ccc(C4=CCCC=C4)cc3)nc12.[Zn]. The largest absolute Gasteiger partial charge is 0.506 e. The molecule has 0 bridgehead atoms. The van der Waals surface area contributed by atoms with Gasteiger partial charge in [-0.15, -0.1) is 0 Å². The Bertz CT molecular complexity index is 2380. The summed E-state index contributed by atoms with van der Waals surface area (Å²) in [5.41, 5.74) is 10.1. The molecule has 2 aromatic heterocycles. The van der Waals surface area contributed by atoms with E-state index in [1.807, 2.05) is 91.0 Å². The number of phenols is 2. The number of aromatic hydroxyl groups is 2. The Labute approximate surface area is 311 Å². The van der Waals surface area contributed by atoms with E-state index in [9.17, 15) is 10.2 Å². The monoisotopic (exact) mass is 712 g/mol. The quantitative estimate of drug-likeness (QED) is 0.168. The van der Waals surface area contributed by atoms with Crippen molar-refractivity contribution in [1.29, 1.82) is 0 Å². The van der Waals surface area contributed by atoms with Gasteiger partial charge in [0.1, 0.15) is 22.5 Å². The summed E-state index contributed by atoms with van der Waals surface area (Å²) in [6.07, 6.45) is 17.0. The molecule has 0 radical (unpaired) electrons. The van der Waals surface area contributed by atoms with Crippen LogP contribution in [0.2, 0.25) is 0 Å². The van der Waals surface area contributed by atoms with E-state index >= 15 is 0 Å². The van der Waals surface area contributed by atoms with Gasteiger partial charge in [0.2, 0.25) is 0 Å². The van der Waals surface area contributed by atoms with Crippen LogP contribution in [0.1, 0.15) is 40.9 Å². The first kappa shape index (κ1) is 34.9. The van der Waals surface area contributed by atoms with Gasteiger partial charge in [-0.05, 0) is 82.6 Å². The van der Waals surface area contributed by atoms with Crippen LogP contribution in [0.3, 0.4) is 0 Å². The molecule has 0 saturated carbocycles. The summed E-state index contributed by atoms with van der Waals surface area (Å²) < 4.78 is 0. The topological polar surface area (TPSA) is 66.2 Å². The zero-order valence-corrected chi connectivity index (χ0v) is 31.2. The van der Waals surface area contributed by atoms with Crippen molar-refractivity contribution in [3.8, 4) is 22.6 Å². The molecule has 244 valence electrons. The van der Waals surface area contributed by atoms with Gasteiger partial charge < -0.3 is 10.2 Å². The van der Waals surface area contributed by atoms with Crippen molar-refractivity contribution in [1.82, 2.24) is 9.97 Å². The second kappa shape index (κ2) is 16.7. The van der Waals surface area contributed by atoms with Gasteiger partial charge in [0.25, 0.3) is 0 Å². The zero-order valence-electron chi connectivity index (χ0n) is 28.2. The van der Waals surface area contributed by atoms with Crippen molar-refractivity contribution in [3.63, 3.8) is 0 Å². The van der Waals surface area contributed by atoms with Crippen LogP contribution >= 0.6 is 0 Å². The predicted octanol–water partition coefficient (Wildman–Crippen LogP) is 11.6. The number of fused-ring (bicyclic) bond motifs is 2. The number of hydrogen-bond acceptors (Lipinski definition) is 4. The van der Waals surface area contributed by atoms with Crippen LogP contribution in [-0.2, 0) is 19.5 Å². The van der Waals surface area contributed by atoms with Gasteiger partial charge in [-0.2, -0.15) is 0 Å². The van der Waals surface area contributed by atoms with Crippen molar-refractivity contribution < 1.29 is 29.7 Å². The van der Waals surface area contributed by atoms with Crippen LogP contribution < -0.4 is 0 Å². The third-order valence-corrected chi connectivity index (χ3v) is 8.59. The summed E-state index contributed by atoms with van der Waals surface area (Å²) in [5.74, 6) is 0.422. The van der Waals surface area contributed by atoms with E-state index < -0.39 is 0 Å². The van der Waals surface area contributed by atoms with E-state index in [4.69, 9.17) is 0 Å². The van der Waals surface area contributed by atoms with Crippen molar-refractivity contribution in [2.75, 3.05) is 0 Å². The van der Waals surface area contributed by atoms with Gasteiger partial charge >= 0.3 is 0 Å². The van der Waals surface area contributed by atoms with Crippen LogP contribution in [0.5, 0.6) is 11.5 Å². The average Bonchev–Trinajstić information content (AvgIpc) is 3.18. The van der Waals surface area contributed by atoms with Crippen LogP contribution in [0.25, 0.3) is 62.8 Å². The molecule has 4 nitrogen and oxygen atoms in total. The minimum Gasteiger partial charge on any atom is -0.506 e. The van der Waals surface area contributed by atoms with Crippen LogP contribution in [0.4, 0.5) is 0 Å². The Morgan fingerprint density at radius 2 is 0.961 bits per heavy atom. The third kappa shape index (κ3) is 8.83. The molecule has 5 heteroatoms. The van der Waals surface area contributed by atoms with Gasteiger partial charge in [0.05, 0.1) is 11.4 Å². The Kier molecular flexibility index (Phi) is 11.4. The number of rotatable bonds is 6. The summed E-state index contributed by atoms with van der Waals surface area (Å²) >= 11 is 0. The Balaban J connectivity index is 0.000000172.